The average Bonchev–Trinajstić information content (AvgIpc) is 3.22. The Labute approximate surface area is 167 Å². The summed E-state index contributed by atoms with van der Waals surface area (Å²) in [4.78, 5) is 21.7. The highest BCUT2D eigenvalue weighted by Gasteiger charge is 2.34. The molecular formula is C21H25F3N4O. The number of rotatable bonds is 3. The molecule has 8 heteroatoms. The van der Waals surface area contributed by atoms with Crippen molar-refractivity contribution in [3.8, 4) is 0 Å². The summed E-state index contributed by atoms with van der Waals surface area (Å²) in [5, 5.41) is 0. The number of alkyl halides is 3. The van der Waals surface area contributed by atoms with Crippen LogP contribution in [-0.2, 0) is 19.3 Å². The first-order chi connectivity index (χ1) is 13.8. The van der Waals surface area contributed by atoms with E-state index in [9.17, 15) is 18.0 Å². The highest BCUT2D eigenvalue weighted by atomic mass is 19.4. The molecule has 1 aromatic heterocycles. The second kappa shape index (κ2) is 7.48. The lowest BCUT2D eigenvalue weighted by molar-refractivity contribution is -0.137. The molecule has 0 N–H and O–H groups in total. The van der Waals surface area contributed by atoms with E-state index in [1.165, 1.54) is 6.07 Å². The zero-order chi connectivity index (χ0) is 20.8. The Balaban J connectivity index is 1.84. The summed E-state index contributed by atoms with van der Waals surface area (Å²) in [7, 11) is 0. The first kappa shape index (κ1) is 19.9. The molecule has 29 heavy (non-hydrogen) atoms. The van der Waals surface area contributed by atoms with Crippen molar-refractivity contribution in [3.05, 3.63) is 51.4 Å². The summed E-state index contributed by atoms with van der Waals surface area (Å²) in [5.74, 6) is 0.415. The molecule has 4 rings (SSSR count). The number of hydrogen-bond donors (Lipinski definition) is 0. The van der Waals surface area contributed by atoms with Crippen LogP contribution in [0.25, 0.3) is 0 Å². The van der Waals surface area contributed by atoms with Gasteiger partial charge in [-0.25, -0.2) is 4.98 Å². The van der Waals surface area contributed by atoms with Crippen molar-refractivity contribution in [2.24, 2.45) is 0 Å². The van der Waals surface area contributed by atoms with E-state index in [1.807, 2.05) is 6.92 Å². The lowest BCUT2D eigenvalue weighted by Crippen LogP contribution is -2.51. The molecule has 2 aromatic rings. The Hall–Kier alpha value is -2.35. The molecule has 5 nitrogen and oxygen atoms in total. The normalized spacial score (nSPS) is 18.3. The Morgan fingerprint density at radius 1 is 1.17 bits per heavy atom. The molecule has 1 aliphatic carbocycles. The van der Waals surface area contributed by atoms with Gasteiger partial charge in [-0.05, 0) is 44.4 Å². The van der Waals surface area contributed by atoms with E-state index in [1.54, 1.807) is 22.5 Å². The quantitative estimate of drug-likeness (QED) is 0.756. The molecule has 1 aromatic carbocycles. The molecule has 2 heterocycles. The van der Waals surface area contributed by atoms with E-state index in [4.69, 9.17) is 0 Å². The van der Waals surface area contributed by atoms with Crippen molar-refractivity contribution in [1.29, 1.82) is 0 Å². The first-order valence-corrected chi connectivity index (χ1v) is 10.1. The van der Waals surface area contributed by atoms with Crippen molar-refractivity contribution in [3.63, 3.8) is 0 Å². The highest BCUT2D eigenvalue weighted by Crippen LogP contribution is 2.36. The van der Waals surface area contributed by atoms with E-state index in [-0.39, 0.29) is 5.56 Å². The lowest BCUT2D eigenvalue weighted by Gasteiger charge is -2.41. The number of aromatic nitrogens is 2. The standard InChI is InChI=1S/C21H25F3N4O/c1-3-18-14(2)25-20-27(17-10-6-7-15(11-17)21(22,23)24)12-26(13-28(20)19(18)29)16-8-4-5-9-16/h6-7,10-11,16H,3-5,8-9,12-13H2,1-2H3. The molecule has 156 valence electrons. The maximum absolute atomic E-state index is 13.3. The van der Waals surface area contributed by atoms with Gasteiger partial charge in [0.1, 0.15) is 0 Å². The van der Waals surface area contributed by atoms with Crippen LogP contribution in [-0.4, -0.2) is 27.2 Å². The topological polar surface area (TPSA) is 41.4 Å². The van der Waals surface area contributed by atoms with E-state index in [0.29, 0.717) is 48.7 Å². The molecule has 0 unspecified atom stereocenters. The van der Waals surface area contributed by atoms with Crippen molar-refractivity contribution in [2.75, 3.05) is 11.6 Å². The Morgan fingerprint density at radius 2 is 1.90 bits per heavy atom. The minimum atomic E-state index is -4.42. The molecule has 0 atom stereocenters. The Morgan fingerprint density at radius 3 is 2.55 bits per heavy atom. The van der Waals surface area contributed by atoms with Crippen LogP contribution in [0.15, 0.2) is 29.1 Å². The van der Waals surface area contributed by atoms with Gasteiger partial charge < -0.3 is 0 Å². The molecule has 0 amide bonds. The number of hydrogen-bond acceptors (Lipinski definition) is 4. The number of nitrogens with zero attached hydrogens (tertiary/aromatic N) is 4. The van der Waals surface area contributed by atoms with Crippen LogP contribution < -0.4 is 10.5 Å². The van der Waals surface area contributed by atoms with E-state index < -0.39 is 11.7 Å². The van der Waals surface area contributed by atoms with Gasteiger partial charge in [-0.2, -0.15) is 13.2 Å². The molecule has 2 aliphatic rings. The van der Waals surface area contributed by atoms with Gasteiger partial charge in [0.15, 0.2) is 0 Å². The van der Waals surface area contributed by atoms with Gasteiger partial charge in [0.2, 0.25) is 5.95 Å². The SMILES string of the molecule is CCc1c(C)nc2n(c1=O)CN(C1CCCC1)CN2c1cccc(C(F)(F)F)c1. The monoisotopic (exact) mass is 406 g/mol. The fourth-order valence-corrected chi connectivity index (χ4v) is 4.45. The second-order valence-electron chi connectivity index (χ2n) is 7.85. The Kier molecular flexibility index (Phi) is 5.14. The minimum absolute atomic E-state index is 0.102. The van der Waals surface area contributed by atoms with Crippen LogP contribution in [0.5, 0.6) is 0 Å². The maximum atomic E-state index is 13.3. The number of halogens is 3. The molecule has 1 fully saturated rings. The third-order valence-electron chi connectivity index (χ3n) is 6.02. The van der Waals surface area contributed by atoms with Gasteiger partial charge in [-0.1, -0.05) is 25.8 Å². The number of anilines is 2. The van der Waals surface area contributed by atoms with Crippen molar-refractivity contribution >= 4 is 11.6 Å². The largest absolute Gasteiger partial charge is 0.416 e. The number of fused-ring (bicyclic) bond motifs is 1. The minimum Gasteiger partial charge on any atom is -0.298 e. The van der Waals surface area contributed by atoms with Crippen molar-refractivity contribution < 1.29 is 13.2 Å². The summed E-state index contributed by atoms with van der Waals surface area (Å²) >= 11 is 0. The summed E-state index contributed by atoms with van der Waals surface area (Å²) in [6, 6.07) is 5.58. The fraction of sp³-hybridized carbons (Fsp3) is 0.524. The predicted molar refractivity (Wildman–Crippen MR) is 105 cm³/mol. The van der Waals surface area contributed by atoms with E-state index in [0.717, 1.165) is 37.8 Å². The van der Waals surface area contributed by atoms with Gasteiger partial charge in [-0.15, -0.1) is 0 Å². The molecule has 1 aliphatic heterocycles. The van der Waals surface area contributed by atoms with Crippen LogP contribution in [0.1, 0.15) is 49.4 Å². The molecule has 0 radical (unpaired) electrons. The van der Waals surface area contributed by atoms with Gasteiger partial charge in [0.05, 0.1) is 18.9 Å². The molecule has 1 saturated carbocycles. The zero-order valence-corrected chi connectivity index (χ0v) is 16.7. The average molecular weight is 406 g/mol. The third kappa shape index (κ3) is 3.66. The summed E-state index contributed by atoms with van der Waals surface area (Å²) in [6.07, 6.45) is 0.509. The molecule has 0 saturated heterocycles. The van der Waals surface area contributed by atoms with Crippen LogP contribution in [0, 0.1) is 6.92 Å². The molecule has 0 spiro atoms. The third-order valence-corrected chi connectivity index (χ3v) is 6.02. The lowest BCUT2D eigenvalue weighted by atomic mass is 10.1. The molecular weight excluding hydrogens is 381 g/mol. The first-order valence-electron chi connectivity index (χ1n) is 10.1. The van der Waals surface area contributed by atoms with E-state index in [2.05, 4.69) is 9.88 Å². The molecule has 0 bridgehead atoms. The van der Waals surface area contributed by atoms with Gasteiger partial charge in [-0.3, -0.25) is 19.2 Å². The smallest absolute Gasteiger partial charge is 0.298 e. The van der Waals surface area contributed by atoms with Crippen LogP contribution in [0.3, 0.4) is 0 Å². The highest BCUT2D eigenvalue weighted by molar-refractivity contribution is 5.59. The zero-order valence-electron chi connectivity index (χ0n) is 16.7. The summed E-state index contributed by atoms with van der Waals surface area (Å²) < 4.78 is 41.5. The van der Waals surface area contributed by atoms with E-state index >= 15 is 0 Å². The van der Waals surface area contributed by atoms with Crippen LogP contribution in [0.4, 0.5) is 24.8 Å². The Bertz CT molecular complexity index is 963. The number of aryl methyl sites for hydroxylation is 1. The van der Waals surface area contributed by atoms with Gasteiger partial charge in [0.25, 0.3) is 5.56 Å². The summed E-state index contributed by atoms with van der Waals surface area (Å²) in [5.41, 5.74) is 0.881. The van der Waals surface area contributed by atoms with Crippen LogP contribution >= 0.6 is 0 Å². The summed E-state index contributed by atoms with van der Waals surface area (Å²) in [6.45, 7) is 4.55. The van der Waals surface area contributed by atoms with Crippen molar-refractivity contribution in [2.45, 2.75) is 64.8 Å². The van der Waals surface area contributed by atoms with Crippen LogP contribution in [0.2, 0.25) is 0 Å². The maximum Gasteiger partial charge on any atom is 0.416 e. The van der Waals surface area contributed by atoms with Gasteiger partial charge >= 0.3 is 6.18 Å². The van der Waals surface area contributed by atoms with Gasteiger partial charge in [0, 0.05) is 23.0 Å². The second-order valence-corrected chi connectivity index (χ2v) is 7.85. The van der Waals surface area contributed by atoms with Crippen molar-refractivity contribution in [1.82, 2.24) is 14.5 Å². The predicted octanol–water partition coefficient (Wildman–Crippen LogP) is 4.44. The number of benzene rings is 1. The fourth-order valence-electron chi connectivity index (χ4n) is 4.45.